The van der Waals surface area contributed by atoms with Gasteiger partial charge >= 0.3 is 0 Å². The first-order valence-corrected chi connectivity index (χ1v) is 5.22. The van der Waals surface area contributed by atoms with Crippen LogP contribution in [0.2, 0.25) is 0 Å². The van der Waals surface area contributed by atoms with Crippen LogP contribution in [0.1, 0.15) is 5.56 Å². The summed E-state index contributed by atoms with van der Waals surface area (Å²) in [6.07, 6.45) is 0. The highest BCUT2D eigenvalue weighted by Crippen LogP contribution is 2.32. The van der Waals surface area contributed by atoms with E-state index in [9.17, 15) is 0 Å². The van der Waals surface area contributed by atoms with Gasteiger partial charge in [0.2, 0.25) is 0 Å². The number of nitrogens with two attached hydrogens (primary N) is 1. The van der Waals surface area contributed by atoms with Crippen molar-refractivity contribution in [2.75, 3.05) is 12.8 Å². The second-order valence-corrected chi connectivity index (χ2v) is 3.77. The Morgan fingerprint density at radius 1 is 1.00 bits per heavy atom. The number of nitrogen functional groups attached to an aromatic ring is 1. The average Bonchev–Trinajstić information content (AvgIpc) is 2.32. The van der Waals surface area contributed by atoms with Crippen molar-refractivity contribution in [3.8, 4) is 16.9 Å². The zero-order valence-corrected chi connectivity index (χ0v) is 9.53. The van der Waals surface area contributed by atoms with Crippen molar-refractivity contribution in [2.24, 2.45) is 0 Å². The molecule has 0 aromatic heterocycles. The molecule has 0 amide bonds. The van der Waals surface area contributed by atoms with Crippen molar-refractivity contribution in [3.05, 3.63) is 48.0 Å². The van der Waals surface area contributed by atoms with Crippen molar-refractivity contribution in [1.29, 1.82) is 0 Å². The highest BCUT2D eigenvalue weighted by Gasteiger charge is 2.07. The smallest absolute Gasteiger partial charge is 0.126 e. The molecule has 2 aromatic carbocycles. The van der Waals surface area contributed by atoms with Crippen molar-refractivity contribution >= 4 is 5.69 Å². The lowest BCUT2D eigenvalue weighted by Crippen LogP contribution is -1.92. The van der Waals surface area contributed by atoms with Crippen molar-refractivity contribution in [2.45, 2.75) is 6.92 Å². The molecule has 2 rings (SSSR count). The van der Waals surface area contributed by atoms with Gasteiger partial charge in [-0.1, -0.05) is 24.3 Å². The van der Waals surface area contributed by atoms with Gasteiger partial charge in [0.15, 0.2) is 0 Å². The summed E-state index contributed by atoms with van der Waals surface area (Å²) in [4.78, 5) is 0. The van der Waals surface area contributed by atoms with Gasteiger partial charge in [0.05, 0.1) is 7.11 Å². The lowest BCUT2D eigenvalue weighted by atomic mass is 9.99. The largest absolute Gasteiger partial charge is 0.496 e. The van der Waals surface area contributed by atoms with E-state index in [0.717, 1.165) is 22.6 Å². The maximum absolute atomic E-state index is 5.82. The summed E-state index contributed by atoms with van der Waals surface area (Å²) in [7, 11) is 1.68. The second-order valence-electron chi connectivity index (χ2n) is 3.77. The molecule has 0 spiro atoms. The highest BCUT2D eigenvalue weighted by atomic mass is 16.5. The Labute approximate surface area is 95.7 Å². The predicted molar refractivity (Wildman–Crippen MR) is 67.6 cm³/mol. The Morgan fingerprint density at radius 2 is 1.75 bits per heavy atom. The van der Waals surface area contributed by atoms with Crippen LogP contribution in [0.5, 0.6) is 5.75 Å². The van der Waals surface area contributed by atoms with Crippen LogP contribution in [0, 0.1) is 6.92 Å². The van der Waals surface area contributed by atoms with Gasteiger partial charge in [-0.25, -0.2) is 0 Å². The van der Waals surface area contributed by atoms with Crippen LogP contribution in [0.3, 0.4) is 0 Å². The molecule has 0 atom stereocenters. The summed E-state index contributed by atoms with van der Waals surface area (Å²) >= 11 is 0. The maximum atomic E-state index is 5.82. The minimum absolute atomic E-state index is 0.770. The van der Waals surface area contributed by atoms with Gasteiger partial charge in [-0.05, 0) is 36.2 Å². The molecule has 0 saturated heterocycles. The van der Waals surface area contributed by atoms with E-state index in [1.807, 2.05) is 42.5 Å². The van der Waals surface area contributed by atoms with Crippen LogP contribution in [0.15, 0.2) is 42.5 Å². The number of para-hydroxylation sites is 1. The van der Waals surface area contributed by atoms with Gasteiger partial charge in [-0.2, -0.15) is 0 Å². The summed E-state index contributed by atoms with van der Waals surface area (Å²) in [6, 6.07) is 13.9. The van der Waals surface area contributed by atoms with E-state index in [4.69, 9.17) is 10.5 Å². The molecule has 82 valence electrons. The molecule has 0 bridgehead atoms. The molecule has 0 saturated carbocycles. The fourth-order valence-electron chi connectivity index (χ4n) is 1.80. The van der Waals surface area contributed by atoms with Gasteiger partial charge in [-0.15, -0.1) is 0 Å². The number of ether oxygens (including phenoxy) is 1. The first-order chi connectivity index (χ1) is 7.72. The molecule has 16 heavy (non-hydrogen) atoms. The summed E-state index contributed by atoms with van der Waals surface area (Å²) in [6.45, 7) is 2.07. The molecule has 2 nitrogen and oxygen atoms in total. The third kappa shape index (κ3) is 1.87. The van der Waals surface area contributed by atoms with Gasteiger partial charge in [-0.3, -0.25) is 0 Å². The number of rotatable bonds is 2. The van der Waals surface area contributed by atoms with Crippen LogP contribution in [0.4, 0.5) is 5.69 Å². The Morgan fingerprint density at radius 3 is 2.50 bits per heavy atom. The number of benzene rings is 2. The molecular formula is C14H15NO. The number of anilines is 1. The van der Waals surface area contributed by atoms with Crippen LogP contribution in [-0.4, -0.2) is 7.11 Å². The molecule has 0 aliphatic heterocycles. The standard InChI is InChI=1S/C14H15NO/c1-10-7-8-11(15)9-13(10)12-5-3-4-6-14(12)16-2/h3-9H,15H2,1-2H3. The zero-order valence-electron chi connectivity index (χ0n) is 9.53. The molecule has 0 aliphatic rings. The van der Waals surface area contributed by atoms with Gasteiger partial charge in [0.25, 0.3) is 0 Å². The molecule has 0 aliphatic carbocycles. The minimum atomic E-state index is 0.770. The number of hydrogen-bond donors (Lipinski definition) is 1. The number of hydrogen-bond acceptors (Lipinski definition) is 2. The van der Waals surface area contributed by atoms with E-state index in [1.54, 1.807) is 7.11 Å². The lowest BCUT2D eigenvalue weighted by Gasteiger charge is -2.11. The maximum Gasteiger partial charge on any atom is 0.126 e. The second kappa shape index (κ2) is 4.27. The molecule has 0 unspecified atom stereocenters. The predicted octanol–water partition coefficient (Wildman–Crippen LogP) is 3.25. The monoisotopic (exact) mass is 213 g/mol. The highest BCUT2D eigenvalue weighted by molar-refractivity contribution is 5.75. The van der Waals surface area contributed by atoms with Crippen molar-refractivity contribution in [3.63, 3.8) is 0 Å². The first kappa shape index (κ1) is 10.6. The van der Waals surface area contributed by atoms with E-state index in [2.05, 4.69) is 6.92 Å². The molecule has 2 N–H and O–H groups in total. The summed E-state index contributed by atoms with van der Waals surface area (Å²) in [5.41, 5.74) is 9.98. The molecule has 0 fully saturated rings. The summed E-state index contributed by atoms with van der Waals surface area (Å²) in [5, 5.41) is 0. The van der Waals surface area contributed by atoms with Crippen LogP contribution in [0.25, 0.3) is 11.1 Å². The van der Waals surface area contributed by atoms with Crippen LogP contribution < -0.4 is 10.5 Å². The molecular weight excluding hydrogens is 198 g/mol. The van der Waals surface area contributed by atoms with E-state index in [0.29, 0.717) is 0 Å². The van der Waals surface area contributed by atoms with Gasteiger partial charge < -0.3 is 10.5 Å². The van der Waals surface area contributed by atoms with E-state index in [1.165, 1.54) is 5.56 Å². The van der Waals surface area contributed by atoms with Crippen molar-refractivity contribution in [1.82, 2.24) is 0 Å². The first-order valence-electron chi connectivity index (χ1n) is 5.22. The van der Waals surface area contributed by atoms with E-state index in [-0.39, 0.29) is 0 Å². The Balaban J connectivity index is 2.62. The van der Waals surface area contributed by atoms with E-state index >= 15 is 0 Å². The Bertz CT molecular complexity index is 506. The summed E-state index contributed by atoms with van der Waals surface area (Å²) < 4.78 is 5.35. The number of aryl methyl sites for hydroxylation is 1. The van der Waals surface area contributed by atoms with Crippen LogP contribution in [-0.2, 0) is 0 Å². The topological polar surface area (TPSA) is 35.2 Å². The van der Waals surface area contributed by atoms with Crippen molar-refractivity contribution < 1.29 is 4.74 Å². The minimum Gasteiger partial charge on any atom is -0.496 e. The van der Waals surface area contributed by atoms with Gasteiger partial charge in [0.1, 0.15) is 5.75 Å². The fourth-order valence-corrected chi connectivity index (χ4v) is 1.80. The quantitative estimate of drug-likeness (QED) is 0.777. The fraction of sp³-hybridized carbons (Fsp3) is 0.143. The average molecular weight is 213 g/mol. The Kier molecular flexibility index (Phi) is 2.82. The van der Waals surface area contributed by atoms with Gasteiger partial charge in [0, 0.05) is 11.3 Å². The normalized spacial score (nSPS) is 10.1. The zero-order chi connectivity index (χ0) is 11.5. The Hall–Kier alpha value is -1.96. The molecule has 0 heterocycles. The lowest BCUT2D eigenvalue weighted by molar-refractivity contribution is 0.416. The molecule has 0 radical (unpaired) electrons. The van der Waals surface area contributed by atoms with Crippen LogP contribution >= 0.6 is 0 Å². The molecule has 2 aromatic rings. The third-order valence-electron chi connectivity index (χ3n) is 2.66. The SMILES string of the molecule is COc1ccccc1-c1cc(N)ccc1C. The summed E-state index contributed by atoms with van der Waals surface area (Å²) in [5.74, 6) is 0.871. The van der Waals surface area contributed by atoms with E-state index < -0.39 is 0 Å². The third-order valence-corrected chi connectivity index (χ3v) is 2.66. The number of methoxy groups -OCH3 is 1. The molecule has 2 heteroatoms.